The Morgan fingerprint density at radius 2 is 1.64 bits per heavy atom. The third-order valence-electron chi connectivity index (χ3n) is 5.57. The maximum atomic E-state index is 12.9. The summed E-state index contributed by atoms with van der Waals surface area (Å²) in [6.45, 7) is 2.81. The normalized spacial score (nSPS) is 14.7. The molecule has 2 heterocycles. The molecule has 0 N–H and O–H groups in total. The summed E-state index contributed by atoms with van der Waals surface area (Å²) >= 11 is 0. The van der Waals surface area contributed by atoms with Crippen LogP contribution in [0.5, 0.6) is 11.5 Å². The van der Waals surface area contributed by atoms with Crippen molar-refractivity contribution >= 4 is 5.91 Å². The lowest BCUT2D eigenvalue weighted by molar-refractivity contribution is 0.0521. The molecule has 1 amide bonds. The molecule has 7 nitrogen and oxygen atoms in total. The Labute approximate surface area is 191 Å². The van der Waals surface area contributed by atoms with E-state index in [4.69, 9.17) is 13.9 Å². The lowest BCUT2D eigenvalue weighted by atomic mass is 10.1. The molecule has 0 fully saturated rings. The minimum absolute atomic E-state index is 0.102. The number of aromatic nitrogens is 2. The number of rotatable bonds is 5. The molecular formula is C26H23N3O4. The Morgan fingerprint density at radius 1 is 0.939 bits per heavy atom. The number of likely N-dealkylation sites (N-methyl/N-ethyl adjacent to an activating group) is 1. The summed E-state index contributed by atoms with van der Waals surface area (Å²) in [7, 11) is 1.76. The third-order valence-corrected chi connectivity index (χ3v) is 5.57. The Kier molecular flexibility index (Phi) is 5.52. The first-order valence-corrected chi connectivity index (χ1v) is 10.7. The molecule has 3 aromatic carbocycles. The van der Waals surface area contributed by atoms with Gasteiger partial charge in [0, 0.05) is 23.7 Å². The molecule has 1 aromatic heterocycles. The van der Waals surface area contributed by atoms with Gasteiger partial charge in [-0.2, -0.15) is 0 Å². The summed E-state index contributed by atoms with van der Waals surface area (Å²) in [5.41, 5.74) is 3.29. The van der Waals surface area contributed by atoms with E-state index in [-0.39, 0.29) is 12.0 Å². The lowest BCUT2D eigenvalue weighted by Gasteiger charge is -2.29. The maximum absolute atomic E-state index is 12.9. The summed E-state index contributed by atoms with van der Waals surface area (Å²) in [6, 6.07) is 22.5. The zero-order valence-electron chi connectivity index (χ0n) is 18.4. The first-order valence-electron chi connectivity index (χ1n) is 10.7. The maximum Gasteiger partial charge on any atom is 0.253 e. The summed E-state index contributed by atoms with van der Waals surface area (Å²) in [4.78, 5) is 14.6. The number of hydrogen-bond donors (Lipinski definition) is 0. The zero-order chi connectivity index (χ0) is 22.8. The van der Waals surface area contributed by atoms with Crippen molar-refractivity contribution in [1.29, 1.82) is 0 Å². The molecule has 4 aromatic rings. The zero-order valence-corrected chi connectivity index (χ0v) is 18.4. The molecule has 0 radical (unpaired) electrons. The number of carbonyl (C=O) groups is 1. The molecule has 0 aliphatic carbocycles. The van der Waals surface area contributed by atoms with Crippen LogP contribution in [0.3, 0.4) is 0 Å². The number of nitrogens with zero attached hydrogens (tertiary/aromatic N) is 3. The Morgan fingerprint density at radius 3 is 2.42 bits per heavy atom. The van der Waals surface area contributed by atoms with Gasteiger partial charge < -0.3 is 18.8 Å². The third kappa shape index (κ3) is 4.30. The number of benzene rings is 3. The predicted octanol–water partition coefficient (Wildman–Crippen LogP) is 4.62. The summed E-state index contributed by atoms with van der Waals surface area (Å²) in [5.74, 6) is 2.20. The van der Waals surface area contributed by atoms with E-state index in [1.165, 1.54) is 0 Å². The van der Waals surface area contributed by atoms with E-state index in [1.807, 2.05) is 67.6 Å². The first kappa shape index (κ1) is 20.8. The van der Waals surface area contributed by atoms with Crippen LogP contribution < -0.4 is 9.47 Å². The number of hydrogen-bond acceptors (Lipinski definition) is 6. The van der Waals surface area contributed by atoms with Crippen molar-refractivity contribution in [3.63, 3.8) is 0 Å². The number of aryl methyl sites for hydroxylation is 1. The second-order valence-corrected chi connectivity index (χ2v) is 7.99. The highest BCUT2D eigenvalue weighted by Crippen LogP contribution is 2.31. The second kappa shape index (κ2) is 8.78. The summed E-state index contributed by atoms with van der Waals surface area (Å²) < 4.78 is 17.6. The molecule has 1 atom stereocenters. The fourth-order valence-electron chi connectivity index (χ4n) is 3.78. The van der Waals surface area contributed by atoms with Crippen LogP contribution in [0.25, 0.3) is 22.9 Å². The Balaban J connectivity index is 1.25. The summed E-state index contributed by atoms with van der Waals surface area (Å²) in [6.07, 6.45) is -0.230. The number of fused-ring (bicyclic) bond motifs is 1. The van der Waals surface area contributed by atoms with Crippen molar-refractivity contribution in [2.45, 2.75) is 13.0 Å². The molecule has 1 aliphatic rings. The van der Waals surface area contributed by atoms with Crippen molar-refractivity contribution in [3.05, 3.63) is 83.9 Å². The number of para-hydroxylation sites is 2. The predicted molar refractivity (Wildman–Crippen MR) is 123 cm³/mol. The highest BCUT2D eigenvalue weighted by atomic mass is 16.6. The van der Waals surface area contributed by atoms with Gasteiger partial charge in [0.2, 0.25) is 11.8 Å². The second-order valence-electron chi connectivity index (χ2n) is 7.99. The molecule has 1 unspecified atom stereocenters. The van der Waals surface area contributed by atoms with Gasteiger partial charge >= 0.3 is 0 Å². The van der Waals surface area contributed by atoms with Crippen LogP contribution in [0.1, 0.15) is 15.9 Å². The van der Waals surface area contributed by atoms with Gasteiger partial charge in [0.15, 0.2) is 17.6 Å². The molecule has 0 bridgehead atoms. The smallest absolute Gasteiger partial charge is 0.253 e. The quantitative estimate of drug-likeness (QED) is 0.450. The highest BCUT2D eigenvalue weighted by molar-refractivity contribution is 5.94. The number of ether oxygens (including phenoxy) is 2. The van der Waals surface area contributed by atoms with Gasteiger partial charge in [0.05, 0.1) is 6.54 Å². The molecule has 5 rings (SSSR count). The van der Waals surface area contributed by atoms with Crippen LogP contribution in [0.15, 0.2) is 77.2 Å². The van der Waals surface area contributed by atoms with Crippen molar-refractivity contribution in [2.24, 2.45) is 0 Å². The first-order chi connectivity index (χ1) is 16.1. The van der Waals surface area contributed by atoms with E-state index in [0.717, 1.165) is 22.4 Å². The average Bonchev–Trinajstić information content (AvgIpc) is 3.34. The number of carbonyl (C=O) groups excluding carboxylic acids is 1. The van der Waals surface area contributed by atoms with Crippen LogP contribution in [0.4, 0.5) is 0 Å². The largest absolute Gasteiger partial charge is 0.486 e. The molecule has 0 saturated heterocycles. The Bertz CT molecular complexity index is 1280. The van der Waals surface area contributed by atoms with Gasteiger partial charge in [-0.15, -0.1) is 10.2 Å². The van der Waals surface area contributed by atoms with E-state index < -0.39 is 0 Å². The van der Waals surface area contributed by atoms with Crippen molar-refractivity contribution < 1.29 is 18.7 Å². The van der Waals surface area contributed by atoms with Gasteiger partial charge in [-0.3, -0.25) is 4.79 Å². The lowest BCUT2D eigenvalue weighted by Crippen LogP contribution is -2.41. The van der Waals surface area contributed by atoms with E-state index in [9.17, 15) is 4.79 Å². The SMILES string of the molecule is Cc1ccccc1-c1nnc(-c2ccc(C(=O)N(C)CC3COc4ccccc4O3)cc2)o1. The van der Waals surface area contributed by atoms with Crippen LogP contribution in [0, 0.1) is 6.92 Å². The van der Waals surface area contributed by atoms with Crippen molar-refractivity contribution in [3.8, 4) is 34.4 Å². The molecule has 33 heavy (non-hydrogen) atoms. The Hall–Kier alpha value is -4.13. The fourth-order valence-corrected chi connectivity index (χ4v) is 3.78. The fraction of sp³-hybridized carbons (Fsp3) is 0.192. The average molecular weight is 441 g/mol. The minimum atomic E-state index is -0.230. The monoisotopic (exact) mass is 441 g/mol. The summed E-state index contributed by atoms with van der Waals surface area (Å²) in [5, 5.41) is 8.34. The highest BCUT2D eigenvalue weighted by Gasteiger charge is 2.24. The van der Waals surface area contributed by atoms with Crippen LogP contribution in [0.2, 0.25) is 0 Å². The standard InChI is InChI=1S/C26H23N3O4/c1-17-7-3-4-8-21(17)25-28-27-24(33-25)18-11-13-19(14-12-18)26(30)29(2)15-20-16-31-22-9-5-6-10-23(22)32-20/h3-14,20H,15-16H2,1-2H3. The van der Waals surface area contributed by atoms with E-state index in [0.29, 0.717) is 36.2 Å². The molecule has 166 valence electrons. The van der Waals surface area contributed by atoms with Crippen LogP contribution in [-0.2, 0) is 0 Å². The molecule has 0 spiro atoms. The molecule has 0 saturated carbocycles. The minimum Gasteiger partial charge on any atom is -0.486 e. The van der Waals surface area contributed by atoms with Gasteiger partial charge in [-0.1, -0.05) is 30.3 Å². The van der Waals surface area contributed by atoms with Gasteiger partial charge in [0.25, 0.3) is 5.91 Å². The van der Waals surface area contributed by atoms with E-state index in [1.54, 1.807) is 24.1 Å². The van der Waals surface area contributed by atoms with Crippen molar-refractivity contribution in [2.75, 3.05) is 20.2 Å². The molecule has 7 heteroatoms. The molecular weight excluding hydrogens is 418 g/mol. The molecule has 1 aliphatic heterocycles. The van der Waals surface area contributed by atoms with Gasteiger partial charge in [-0.05, 0) is 55.0 Å². The van der Waals surface area contributed by atoms with Gasteiger partial charge in [-0.25, -0.2) is 0 Å². The van der Waals surface area contributed by atoms with Crippen LogP contribution in [-0.4, -0.2) is 47.3 Å². The van der Waals surface area contributed by atoms with E-state index >= 15 is 0 Å². The number of amides is 1. The van der Waals surface area contributed by atoms with E-state index in [2.05, 4.69) is 10.2 Å². The van der Waals surface area contributed by atoms with Crippen LogP contribution >= 0.6 is 0 Å². The topological polar surface area (TPSA) is 77.7 Å². The van der Waals surface area contributed by atoms with Gasteiger partial charge in [0.1, 0.15) is 6.61 Å². The van der Waals surface area contributed by atoms with Crippen molar-refractivity contribution in [1.82, 2.24) is 15.1 Å².